The normalized spacial score (nSPS) is 27.7. The molecule has 118 valence electrons. The lowest BCUT2D eigenvalue weighted by Crippen LogP contribution is -2.11. The van der Waals surface area contributed by atoms with Gasteiger partial charge in [0.2, 0.25) is 0 Å². The summed E-state index contributed by atoms with van der Waals surface area (Å²) in [6.45, 7) is 11.2. The Hall–Kier alpha value is -1.19. The average molecular weight is 298 g/mol. The van der Waals surface area contributed by atoms with Gasteiger partial charge in [-0.15, -0.1) is 0 Å². The molecule has 2 fully saturated rings. The van der Waals surface area contributed by atoms with Gasteiger partial charge in [0.15, 0.2) is 0 Å². The fraction of sp³-hybridized carbons (Fsp3) is 0.750. The van der Waals surface area contributed by atoms with E-state index in [0.717, 1.165) is 37.5 Å². The Morgan fingerprint density at radius 1 is 0.773 bits per heavy atom. The van der Waals surface area contributed by atoms with Crippen molar-refractivity contribution in [1.82, 2.24) is 0 Å². The molecule has 4 nitrogen and oxygen atoms in total. The van der Waals surface area contributed by atoms with Gasteiger partial charge >= 0.3 is 0 Å². The zero-order valence-electron chi connectivity index (χ0n) is 14.2. The van der Waals surface area contributed by atoms with Crippen molar-refractivity contribution in [2.24, 2.45) is 32.2 Å². The van der Waals surface area contributed by atoms with Crippen LogP contribution >= 0.6 is 0 Å². The number of rotatable bonds is 2. The van der Waals surface area contributed by atoms with Crippen molar-refractivity contribution in [2.45, 2.75) is 65.2 Å². The molecule has 0 spiro atoms. The number of hydrogen-bond acceptors (Lipinski definition) is 4. The summed E-state index contributed by atoms with van der Waals surface area (Å²) >= 11 is 0. The van der Waals surface area contributed by atoms with E-state index in [0.29, 0.717) is 0 Å². The summed E-state index contributed by atoms with van der Waals surface area (Å²) < 4.78 is 0. The molecule has 0 saturated heterocycles. The van der Waals surface area contributed by atoms with Crippen LogP contribution in [0, 0.1) is 11.8 Å². The second kappa shape index (κ2) is 13.5. The van der Waals surface area contributed by atoms with Crippen molar-refractivity contribution in [1.29, 1.82) is 0 Å². The van der Waals surface area contributed by atoms with Crippen LogP contribution in [-0.2, 0) is 0 Å². The first-order valence-corrected chi connectivity index (χ1v) is 7.68. The molecule has 0 amide bonds. The highest BCUT2D eigenvalue weighted by Crippen LogP contribution is 2.21. The smallest absolute Gasteiger partial charge is 0.0408 e. The molecule has 22 heavy (non-hydrogen) atoms. The van der Waals surface area contributed by atoms with Crippen LogP contribution in [0.2, 0.25) is 0 Å². The quantitative estimate of drug-likeness (QED) is 0.423. The summed E-state index contributed by atoms with van der Waals surface area (Å²) in [5.74, 6) is 1.60. The fourth-order valence-corrected chi connectivity index (χ4v) is 2.90. The van der Waals surface area contributed by atoms with E-state index < -0.39 is 0 Å². The highest BCUT2D eigenvalue weighted by Gasteiger charge is 2.13. The van der Waals surface area contributed by atoms with Gasteiger partial charge in [-0.05, 0) is 63.2 Å². The molecule has 2 rings (SSSR count). The van der Waals surface area contributed by atoms with Gasteiger partial charge in [-0.3, -0.25) is 0 Å². The van der Waals surface area contributed by atoms with Crippen LogP contribution in [0.4, 0.5) is 0 Å². The zero-order chi connectivity index (χ0) is 14.8. The summed E-state index contributed by atoms with van der Waals surface area (Å²) in [7, 11) is 0. The Morgan fingerprint density at radius 3 is 1.41 bits per heavy atom. The molecule has 0 bridgehead atoms. The second-order valence-electron chi connectivity index (χ2n) is 6.02. The van der Waals surface area contributed by atoms with Crippen LogP contribution in [0.25, 0.3) is 0 Å². The summed E-state index contributed by atoms with van der Waals surface area (Å²) in [6.07, 6.45) is 9.74. The molecule has 0 aromatic rings. The Balaban J connectivity index is 0. The molecule has 2 aliphatic rings. The summed E-state index contributed by atoms with van der Waals surface area (Å²) in [5.41, 5.74) is 2.46. The van der Waals surface area contributed by atoms with E-state index in [1.165, 1.54) is 37.1 Å². The maximum absolute atomic E-state index is 3.96. The molecule has 2 aliphatic carbocycles. The van der Waals surface area contributed by atoms with Gasteiger partial charge in [0.1, 0.15) is 0 Å². The molecule has 2 atom stereocenters. The van der Waals surface area contributed by atoms with Gasteiger partial charge in [-0.2, -0.15) is 20.4 Å². The Morgan fingerprint density at radius 2 is 1.14 bits per heavy atom. The minimum atomic E-state index is 0. The number of nitrogens with zero attached hydrogens (tertiary/aromatic N) is 4. The predicted molar refractivity (Wildman–Crippen MR) is 101 cm³/mol. The molecule has 6 heteroatoms. The van der Waals surface area contributed by atoms with Gasteiger partial charge in [0.05, 0.1) is 0 Å². The molecule has 0 unspecified atom stereocenters. The molecule has 0 aromatic heterocycles. The first-order valence-electron chi connectivity index (χ1n) is 7.68. The highest BCUT2D eigenvalue weighted by molar-refractivity contribution is 5.85. The largest absolute Gasteiger partial charge is 0.167 e. The number of hydrogen-bond donors (Lipinski definition) is 0. The lowest BCUT2D eigenvalue weighted by Gasteiger charge is -2.17. The Bertz CT molecular complexity index is 344. The SMILES string of the molecule is C=NN=C1CCC[C@@H](C)C1.C=NN=C1CCC[C@H](C)C1.[B].[B]. The lowest BCUT2D eigenvalue weighted by molar-refractivity contribution is 0.499. The third-order valence-electron chi connectivity index (χ3n) is 3.92. The molecule has 6 radical (unpaired) electrons. The zero-order valence-corrected chi connectivity index (χ0v) is 14.2. The van der Waals surface area contributed by atoms with E-state index in [2.05, 4.69) is 47.7 Å². The highest BCUT2D eigenvalue weighted by atomic mass is 15.2. The predicted octanol–water partition coefficient (Wildman–Crippen LogP) is 3.74. The van der Waals surface area contributed by atoms with E-state index in [4.69, 9.17) is 0 Å². The van der Waals surface area contributed by atoms with Crippen LogP contribution in [-0.4, -0.2) is 41.7 Å². The molecule has 0 heterocycles. The van der Waals surface area contributed by atoms with Crippen LogP contribution < -0.4 is 0 Å². The monoisotopic (exact) mass is 298 g/mol. The first-order chi connectivity index (χ1) is 9.65. The minimum Gasteiger partial charge on any atom is -0.167 e. The third kappa shape index (κ3) is 9.69. The van der Waals surface area contributed by atoms with E-state index >= 15 is 0 Å². The topological polar surface area (TPSA) is 49.4 Å². The van der Waals surface area contributed by atoms with Crippen LogP contribution in [0.1, 0.15) is 65.2 Å². The second-order valence-corrected chi connectivity index (χ2v) is 6.02. The van der Waals surface area contributed by atoms with E-state index in [-0.39, 0.29) is 16.8 Å². The molecule has 2 saturated carbocycles. The lowest BCUT2D eigenvalue weighted by atomic mass is 9.89. The van der Waals surface area contributed by atoms with Gasteiger partial charge in [0, 0.05) is 41.7 Å². The van der Waals surface area contributed by atoms with E-state index in [1.54, 1.807) is 0 Å². The molecule has 0 aromatic carbocycles. The summed E-state index contributed by atoms with van der Waals surface area (Å²) in [4.78, 5) is 0. The first kappa shape index (κ1) is 23.1. The van der Waals surface area contributed by atoms with Gasteiger partial charge < -0.3 is 0 Å². The van der Waals surface area contributed by atoms with Gasteiger partial charge in [0.25, 0.3) is 0 Å². The fourth-order valence-electron chi connectivity index (χ4n) is 2.90. The minimum absolute atomic E-state index is 0. The Kier molecular flexibility index (Phi) is 14.1. The van der Waals surface area contributed by atoms with Crippen LogP contribution in [0.15, 0.2) is 20.4 Å². The van der Waals surface area contributed by atoms with Crippen LogP contribution in [0.5, 0.6) is 0 Å². The van der Waals surface area contributed by atoms with Crippen molar-refractivity contribution in [2.75, 3.05) is 0 Å². The third-order valence-corrected chi connectivity index (χ3v) is 3.92. The van der Waals surface area contributed by atoms with Crippen molar-refractivity contribution in [3.63, 3.8) is 0 Å². The van der Waals surface area contributed by atoms with Gasteiger partial charge in [-0.1, -0.05) is 13.8 Å². The van der Waals surface area contributed by atoms with Crippen LogP contribution in [0.3, 0.4) is 0 Å². The molecule has 0 aliphatic heterocycles. The molecule has 0 N–H and O–H groups in total. The summed E-state index contributed by atoms with van der Waals surface area (Å²) in [5, 5.41) is 15.0. The van der Waals surface area contributed by atoms with Crippen molar-refractivity contribution < 1.29 is 0 Å². The van der Waals surface area contributed by atoms with Gasteiger partial charge in [-0.25, -0.2) is 0 Å². The standard InChI is InChI=1S/2C8H14N2.2B/c2*1-7-4-3-5-8(6-7)10-9-2;;/h2*7H,2-6H2,1H3;;/t2*7-;;/m10../s1. The molecular weight excluding hydrogens is 270 g/mol. The van der Waals surface area contributed by atoms with Crippen molar-refractivity contribution in [3.8, 4) is 0 Å². The van der Waals surface area contributed by atoms with E-state index in [1.807, 2.05) is 0 Å². The summed E-state index contributed by atoms with van der Waals surface area (Å²) in [6, 6.07) is 0. The average Bonchev–Trinajstić information content (AvgIpc) is 2.40. The van der Waals surface area contributed by atoms with E-state index in [9.17, 15) is 0 Å². The maximum atomic E-state index is 3.96. The van der Waals surface area contributed by atoms with Crippen molar-refractivity contribution >= 4 is 41.7 Å². The maximum Gasteiger partial charge on any atom is 0.0408 e. The Labute approximate surface area is 139 Å². The molecular formula is C16H28B2N4. The van der Waals surface area contributed by atoms with Crippen molar-refractivity contribution in [3.05, 3.63) is 0 Å².